The van der Waals surface area contributed by atoms with Crippen LogP contribution in [0.4, 0.5) is 0 Å². The third-order valence-corrected chi connectivity index (χ3v) is 0.914. The highest BCUT2D eigenvalue weighted by Gasteiger charge is 2.25. The van der Waals surface area contributed by atoms with Crippen molar-refractivity contribution in [1.29, 1.82) is 0 Å². The van der Waals surface area contributed by atoms with Crippen molar-refractivity contribution in [2.75, 3.05) is 0 Å². The largest absolute Gasteiger partial charge is 0.479 e. The zero-order valence-electron chi connectivity index (χ0n) is 4.76. The Morgan fingerprint density at radius 2 is 2.50 bits per heavy atom. The standard InChI is InChI=1S/C4H2N4O2/c1-5-4(10-7-1)3-6-2-9-8-3/h1-2H/q+1. The first-order valence-corrected chi connectivity index (χ1v) is 2.50. The normalized spacial score (nSPS) is 15.0. The molecule has 6 nitrogen and oxygen atoms in total. The van der Waals surface area contributed by atoms with E-state index >= 15 is 0 Å². The predicted molar refractivity (Wildman–Crippen MR) is 30.1 cm³/mol. The molecule has 0 amide bonds. The van der Waals surface area contributed by atoms with E-state index in [1.165, 1.54) is 12.7 Å². The summed E-state index contributed by atoms with van der Waals surface area (Å²) < 4.78 is 4.63. The average Bonchev–Trinajstić information content (AvgIpc) is 2.59. The van der Waals surface area contributed by atoms with Gasteiger partial charge in [0.1, 0.15) is 0 Å². The van der Waals surface area contributed by atoms with Gasteiger partial charge in [-0.2, -0.15) is 4.98 Å². The molecule has 0 unspecified atom stereocenters. The second-order valence-corrected chi connectivity index (χ2v) is 1.50. The molecule has 0 N–H and O–H groups in total. The molecule has 0 fully saturated rings. The van der Waals surface area contributed by atoms with Crippen LogP contribution in [-0.2, 0) is 4.84 Å². The number of oxime groups is 1. The maximum atomic E-state index is 4.63. The SMILES string of the molecule is C1=[N+]C(c2ncno2)=NO1. The van der Waals surface area contributed by atoms with Crippen LogP contribution in [-0.4, -0.2) is 22.4 Å². The second-order valence-electron chi connectivity index (χ2n) is 1.50. The van der Waals surface area contributed by atoms with Crippen LogP contribution in [0.2, 0.25) is 0 Å². The van der Waals surface area contributed by atoms with Crippen molar-refractivity contribution < 1.29 is 9.36 Å². The molecule has 0 spiro atoms. The monoisotopic (exact) mass is 138 g/mol. The Balaban J connectivity index is 2.36. The first-order chi connectivity index (χ1) is 4.97. The van der Waals surface area contributed by atoms with Crippen molar-refractivity contribution in [1.82, 2.24) is 15.1 Å². The van der Waals surface area contributed by atoms with E-state index in [0.717, 1.165) is 0 Å². The van der Waals surface area contributed by atoms with E-state index in [2.05, 4.69) is 29.6 Å². The van der Waals surface area contributed by atoms with E-state index in [4.69, 9.17) is 0 Å². The van der Waals surface area contributed by atoms with Gasteiger partial charge >= 0.3 is 18.1 Å². The molecular formula is C4H2N4O2+. The molecule has 2 rings (SSSR count). The lowest BCUT2D eigenvalue weighted by Crippen LogP contribution is -2.03. The summed E-state index contributed by atoms with van der Waals surface area (Å²) >= 11 is 0. The van der Waals surface area contributed by atoms with Crippen molar-refractivity contribution in [3.05, 3.63) is 12.2 Å². The molecule has 0 aliphatic carbocycles. The summed E-state index contributed by atoms with van der Waals surface area (Å²) in [6.45, 7) is 0. The van der Waals surface area contributed by atoms with Gasteiger partial charge in [0.15, 0.2) is 11.5 Å². The molecule has 6 heteroatoms. The van der Waals surface area contributed by atoms with Crippen LogP contribution in [0.25, 0.3) is 0 Å². The fourth-order valence-corrected chi connectivity index (χ4v) is 0.536. The molecule has 1 aliphatic heterocycles. The number of hydrogen-bond acceptors (Lipinski definition) is 6. The topological polar surface area (TPSA) is 74.6 Å². The van der Waals surface area contributed by atoms with Crippen molar-refractivity contribution in [3.63, 3.8) is 0 Å². The third kappa shape index (κ3) is 0.661. The molecule has 1 radical (unpaired) electrons. The summed E-state index contributed by atoms with van der Waals surface area (Å²) in [5.41, 5.74) is 0. The van der Waals surface area contributed by atoms with Gasteiger partial charge in [0.2, 0.25) is 0 Å². The molecule has 2 heterocycles. The van der Waals surface area contributed by atoms with E-state index in [1.54, 1.807) is 0 Å². The second kappa shape index (κ2) is 1.90. The number of aliphatic imine (C=N–C) groups is 1. The summed E-state index contributed by atoms with van der Waals surface area (Å²) in [7, 11) is 0. The molecule has 1 aromatic heterocycles. The van der Waals surface area contributed by atoms with Gasteiger partial charge in [-0.05, 0) is 0 Å². The molecular weight excluding hydrogens is 136 g/mol. The van der Waals surface area contributed by atoms with E-state index in [0.29, 0.717) is 5.84 Å². The molecule has 0 aromatic carbocycles. The van der Waals surface area contributed by atoms with Crippen LogP contribution >= 0.6 is 0 Å². The lowest BCUT2D eigenvalue weighted by molar-refractivity contribution is 0.352. The first-order valence-electron chi connectivity index (χ1n) is 2.50. The van der Waals surface area contributed by atoms with Crippen LogP contribution in [0.5, 0.6) is 0 Å². The van der Waals surface area contributed by atoms with Crippen LogP contribution in [0, 0.1) is 0 Å². The summed E-state index contributed by atoms with van der Waals surface area (Å²) in [6.07, 6.45) is 2.46. The van der Waals surface area contributed by atoms with Gasteiger partial charge in [0.25, 0.3) is 0 Å². The highest BCUT2D eigenvalue weighted by Crippen LogP contribution is 1.94. The van der Waals surface area contributed by atoms with Crippen molar-refractivity contribution >= 4 is 12.2 Å². The molecule has 0 atom stereocenters. The van der Waals surface area contributed by atoms with Gasteiger partial charge in [0, 0.05) is 4.99 Å². The minimum atomic E-state index is 0.258. The Morgan fingerprint density at radius 1 is 1.50 bits per heavy atom. The summed E-state index contributed by atoms with van der Waals surface area (Å²) in [4.78, 5) is 11.8. The maximum Gasteiger partial charge on any atom is 0.479 e. The average molecular weight is 138 g/mol. The van der Waals surface area contributed by atoms with E-state index in [9.17, 15) is 0 Å². The van der Waals surface area contributed by atoms with Gasteiger partial charge in [-0.25, -0.2) is 4.84 Å². The molecule has 0 bridgehead atoms. The quantitative estimate of drug-likeness (QED) is 0.505. The lowest BCUT2D eigenvalue weighted by Gasteiger charge is -1.68. The molecule has 10 heavy (non-hydrogen) atoms. The van der Waals surface area contributed by atoms with Crippen LogP contribution in [0.1, 0.15) is 5.89 Å². The van der Waals surface area contributed by atoms with Crippen LogP contribution in [0.3, 0.4) is 0 Å². The minimum absolute atomic E-state index is 0.258. The molecule has 1 aromatic rings. The molecule has 0 saturated heterocycles. The lowest BCUT2D eigenvalue weighted by atomic mass is 10.6. The zero-order chi connectivity index (χ0) is 6.81. The van der Waals surface area contributed by atoms with E-state index in [1.807, 2.05) is 0 Å². The van der Waals surface area contributed by atoms with E-state index in [-0.39, 0.29) is 5.89 Å². The van der Waals surface area contributed by atoms with E-state index < -0.39 is 0 Å². The van der Waals surface area contributed by atoms with Gasteiger partial charge in [-0.15, -0.1) is 0 Å². The van der Waals surface area contributed by atoms with Crippen LogP contribution < -0.4 is 4.99 Å². The van der Waals surface area contributed by atoms with Crippen LogP contribution in [0.15, 0.2) is 16.0 Å². The van der Waals surface area contributed by atoms with Crippen molar-refractivity contribution in [3.8, 4) is 0 Å². The minimum Gasteiger partial charge on any atom is -0.325 e. The van der Waals surface area contributed by atoms with Gasteiger partial charge in [0.05, 0.1) is 0 Å². The van der Waals surface area contributed by atoms with Crippen molar-refractivity contribution in [2.24, 2.45) is 5.16 Å². The number of amidine groups is 1. The number of nitrogens with zero attached hydrogens (tertiary/aromatic N) is 4. The van der Waals surface area contributed by atoms with Gasteiger partial charge in [-0.3, -0.25) is 0 Å². The maximum absolute atomic E-state index is 4.63. The molecule has 0 saturated carbocycles. The Bertz CT molecular complexity index is 275. The number of aromatic nitrogens is 2. The molecule has 1 aliphatic rings. The first kappa shape index (κ1) is 5.10. The number of rotatable bonds is 1. The Morgan fingerprint density at radius 3 is 3.10 bits per heavy atom. The highest BCUT2D eigenvalue weighted by atomic mass is 16.6. The predicted octanol–water partition coefficient (Wildman–Crippen LogP) is -0.875. The summed E-state index contributed by atoms with van der Waals surface area (Å²) in [6, 6.07) is 0. The molecule has 49 valence electrons. The van der Waals surface area contributed by atoms with Gasteiger partial charge < -0.3 is 4.52 Å². The summed E-state index contributed by atoms with van der Waals surface area (Å²) in [5, 5.41) is 6.85. The third-order valence-electron chi connectivity index (χ3n) is 0.914. The Kier molecular flexibility index (Phi) is 0.970. The smallest absolute Gasteiger partial charge is 0.325 e. The number of hydrogen-bond donors (Lipinski definition) is 0. The fraction of sp³-hybridized carbons (Fsp3) is 0. The summed E-state index contributed by atoms with van der Waals surface area (Å²) in [5.74, 6) is 0.561. The fourth-order valence-electron chi connectivity index (χ4n) is 0.536. The van der Waals surface area contributed by atoms with Crippen molar-refractivity contribution in [2.45, 2.75) is 0 Å². The Labute approximate surface area is 55.2 Å². The zero-order valence-corrected chi connectivity index (χ0v) is 4.76. The Hall–Kier alpha value is -1.72. The van der Waals surface area contributed by atoms with Gasteiger partial charge in [-0.1, -0.05) is 5.16 Å². The highest BCUT2D eigenvalue weighted by molar-refractivity contribution is 5.97.